The summed E-state index contributed by atoms with van der Waals surface area (Å²) in [4.78, 5) is 23.5. The predicted molar refractivity (Wildman–Crippen MR) is 85.3 cm³/mol. The molecule has 4 aromatic rings. The normalized spacial score (nSPS) is 11.0. The van der Waals surface area contributed by atoms with E-state index in [1.165, 1.54) is 12.3 Å². The Hall–Kier alpha value is -3.06. The molecule has 23 heavy (non-hydrogen) atoms. The zero-order chi connectivity index (χ0) is 15.8. The second-order valence-corrected chi connectivity index (χ2v) is 5.67. The van der Waals surface area contributed by atoms with E-state index in [2.05, 4.69) is 15.0 Å². The van der Waals surface area contributed by atoms with Crippen LogP contribution in [0.5, 0.6) is 0 Å². The molecule has 0 amide bonds. The lowest BCUT2D eigenvalue weighted by atomic mass is 10.2. The molecule has 0 atom stereocenters. The number of hydrogen-bond acceptors (Lipinski definition) is 6. The number of benzene rings is 1. The Morgan fingerprint density at radius 3 is 2.78 bits per heavy atom. The first-order chi connectivity index (χ1) is 11.2. The zero-order valence-electron chi connectivity index (χ0n) is 11.6. The van der Waals surface area contributed by atoms with Gasteiger partial charge in [-0.2, -0.15) is 0 Å². The van der Waals surface area contributed by atoms with Crippen LogP contribution in [0, 0.1) is 0 Å². The minimum Gasteiger partial charge on any atom is -0.477 e. The van der Waals surface area contributed by atoms with E-state index in [-0.39, 0.29) is 5.69 Å². The standard InChI is InChI=1S/C16H9N3O3S/c20-16(21)12-7-9(3-4-17-12)14-19-11-8-10(1-2-13(11)22-14)15-18-5-6-23-15/h1-8H,(H,20,21). The molecule has 1 N–H and O–H groups in total. The summed E-state index contributed by atoms with van der Waals surface area (Å²) in [5.41, 5.74) is 2.82. The number of rotatable bonds is 3. The highest BCUT2D eigenvalue weighted by atomic mass is 32.1. The second kappa shape index (κ2) is 5.29. The van der Waals surface area contributed by atoms with Gasteiger partial charge in [-0.3, -0.25) is 0 Å². The third-order valence-corrected chi connectivity index (χ3v) is 4.12. The highest BCUT2D eigenvalue weighted by molar-refractivity contribution is 7.13. The summed E-state index contributed by atoms with van der Waals surface area (Å²) >= 11 is 1.55. The first-order valence-electron chi connectivity index (χ1n) is 6.71. The molecule has 0 unspecified atom stereocenters. The van der Waals surface area contributed by atoms with E-state index in [1.54, 1.807) is 23.6 Å². The maximum atomic E-state index is 11.0. The largest absolute Gasteiger partial charge is 0.477 e. The summed E-state index contributed by atoms with van der Waals surface area (Å²) in [5, 5.41) is 11.8. The van der Waals surface area contributed by atoms with Crippen molar-refractivity contribution < 1.29 is 14.3 Å². The number of hydrogen-bond donors (Lipinski definition) is 1. The van der Waals surface area contributed by atoms with Crippen molar-refractivity contribution in [3.8, 4) is 22.0 Å². The van der Waals surface area contributed by atoms with Gasteiger partial charge in [0.2, 0.25) is 5.89 Å². The van der Waals surface area contributed by atoms with Crippen LogP contribution in [0.4, 0.5) is 0 Å². The Morgan fingerprint density at radius 1 is 1.09 bits per heavy atom. The maximum Gasteiger partial charge on any atom is 0.354 e. The molecule has 1 aromatic carbocycles. The van der Waals surface area contributed by atoms with E-state index in [0.29, 0.717) is 22.6 Å². The number of carbonyl (C=O) groups is 1. The number of nitrogens with zero attached hydrogens (tertiary/aromatic N) is 3. The van der Waals surface area contributed by atoms with Crippen LogP contribution in [0.1, 0.15) is 10.5 Å². The molecular formula is C16H9N3O3S. The van der Waals surface area contributed by atoms with Crippen molar-refractivity contribution in [2.45, 2.75) is 0 Å². The molecule has 0 saturated heterocycles. The minimum absolute atomic E-state index is 0.0479. The molecule has 0 saturated carbocycles. The van der Waals surface area contributed by atoms with Gasteiger partial charge in [0.25, 0.3) is 0 Å². The summed E-state index contributed by atoms with van der Waals surface area (Å²) in [6.45, 7) is 0. The van der Waals surface area contributed by atoms with Crippen LogP contribution in [-0.2, 0) is 0 Å². The van der Waals surface area contributed by atoms with Crippen molar-refractivity contribution in [1.82, 2.24) is 15.0 Å². The third kappa shape index (κ3) is 2.47. The molecule has 6 nitrogen and oxygen atoms in total. The van der Waals surface area contributed by atoms with Gasteiger partial charge in [0, 0.05) is 28.9 Å². The van der Waals surface area contributed by atoms with Gasteiger partial charge in [-0.05, 0) is 30.3 Å². The summed E-state index contributed by atoms with van der Waals surface area (Å²) < 4.78 is 5.71. The quantitative estimate of drug-likeness (QED) is 0.618. The Morgan fingerprint density at radius 2 is 2.00 bits per heavy atom. The fourth-order valence-corrected chi connectivity index (χ4v) is 2.87. The van der Waals surface area contributed by atoms with E-state index in [4.69, 9.17) is 9.52 Å². The fraction of sp³-hybridized carbons (Fsp3) is 0. The van der Waals surface area contributed by atoms with Crippen LogP contribution in [0.2, 0.25) is 0 Å². The zero-order valence-corrected chi connectivity index (χ0v) is 12.4. The SMILES string of the molecule is O=C(O)c1cc(-c2nc3cc(-c4nccs4)ccc3o2)ccn1. The number of aromatic nitrogens is 3. The smallest absolute Gasteiger partial charge is 0.354 e. The van der Waals surface area contributed by atoms with Crippen LogP contribution < -0.4 is 0 Å². The highest BCUT2D eigenvalue weighted by Gasteiger charge is 2.13. The molecule has 0 fully saturated rings. The molecule has 0 spiro atoms. The van der Waals surface area contributed by atoms with Crippen molar-refractivity contribution in [3.63, 3.8) is 0 Å². The van der Waals surface area contributed by atoms with Gasteiger partial charge in [0.15, 0.2) is 5.58 Å². The van der Waals surface area contributed by atoms with E-state index in [1.807, 2.05) is 23.6 Å². The topological polar surface area (TPSA) is 89.1 Å². The predicted octanol–water partition coefficient (Wildman–Crippen LogP) is 3.71. The van der Waals surface area contributed by atoms with Crippen LogP contribution in [-0.4, -0.2) is 26.0 Å². The highest BCUT2D eigenvalue weighted by Crippen LogP contribution is 2.29. The number of fused-ring (bicyclic) bond motifs is 1. The van der Waals surface area contributed by atoms with Crippen LogP contribution in [0.3, 0.4) is 0 Å². The van der Waals surface area contributed by atoms with E-state index in [9.17, 15) is 4.79 Å². The van der Waals surface area contributed by atoms with Crippen molar-refractivity contribution in [2.75, 3.05) is 0 Å². The van der Waals surface area contributed by atoms with Gasteiger partial charge in [-0.15, -0.1) is 11.3 Å². The average Bonchev–Trinajstić information content (AvgIpc) is 3.23. The summed E-state index contributed by atoms with van der Waals surface area (Å²) in [6, 6.07) is 8.77. The van der Waals surface area contributed by atoms with Crippen molar-refractivity contribution in [3.05, 3.63) is 53.8 Å². The molecule has 112 valence electrons. The van der Waals surface area contributed by atoms with Gasteiger partial charge < -0.3 is 9.52 Å². The number of pyridine rings is 1. The van der Waals surface area contributed by atoms with E-state index < -0.39 is 5.97 Å². The Kier molecular flexibility index (Phi) is 3.13. The number of carboxylic acids is 1. The third-order valence-electron chi connectivity index (χ3n) is 3.29. The number of oxazole rings is 1. The molecule has 0 aliphatic rings. The first-order valence-corrected chi connectivity index (χ1v) is 7.59. The lowest BCUT2D eigenvalue weighted by Gasteiger charge is -1.96. The Balaban J connectivity index is 1.80. The van der Waals surface area contributed by atoms with Crippen molar-refractivity contribution in [1.29, 1.82) is 0 Å². The van der Waals surface area contributed by atoms with Gasteiger partial charge in [0.1, 0.15) is 16.2 Å². The molecule has 7 heteroatoms. The van der Waals surface area contributed by atoms with Gasteiger partial charge in [-0.25, -0.2) is 19.7 Å². The van der Waals surface area contributed by atoms with Crippen LogP contribution >= 0.6 is 11.3 Å². The maximum absolute atomic E-state index is 11.0. The monoisotopic (exact) mass is 323 g/mol. The lowest BCUT2D eigenvalue weighted by Crippen LogP contribution is -1.99. The molecule has 3 heterocycles. The number of aromatic carboxylic acids is 1. The number of carboxylic acid groups (broad SMARTS) is 1. The van der Waals surface area contributed by atoms with Gasteiger partial charge >= 0.3 is 5.97 Å². The Labute approximate surface area is 134 Å². The molecule has 0 radical (unpaired) electrons. The minimum atomic E-state index is -1.09. The second-order valence-electron chi connectivity index (χ2n) is 4.77. The molecule has 0 aliphatic carbocycles. The van der Waals surface area contributed by atoms with E-state index >= 15 is 0 Å². The molecule has 0 aliphatic heterocycles. The summed E-state index contributed by atoms with van der Waals surface area (Å²) in [6.07, 6.45) is 3.18. The summed E-state index contributed by atoms with van der Waals surface area (Å²) in [5.74, 6) is -0.727. The van der Waals surface area contributed by atoms with E-state index in [0.717, 1.165) is 10.6 Å². The molecule has 3 aromatic heterocycles. The molecule has 0 bridgehead atoms. The van der Waals surface area contributed by atoms with Crippen molar-refractivity contribution in [2.24, 2.45) is 0 Å². The lowest BCUT2D eigenvalue weighted by molar-refractivity contribution is 0.0690. The van der Waals surface area contributed by atoms with Crippen LogP contribution in [0.25, 0.3) is 33.1 Å². The molecule has 4 rings (SSSR count). The molecular weight excluding hydrogens is 314 g/mol. The fourth-order valence-electron chi connectivity index (χ4n) is 2.23. The summed E-state index contributed by atoms with van der Waals surface area (Å²) in [7, 11) is 0. The Bertz CT molecular complexity index is 1010. The van der Waals surface area contributed by atoms with Gasteiger partial charge in [0.05, 0.1) is 0 Å². The van der Waals surface area contributed by atoms with Crippen LogP contribution in [0.15, 0.2) is 52.5 Å². The van der Waals surface area contributed by atoms with Crippen molar-refractivity contribution >= 4 is 28.4 Å². The van der Waals surface area contributed by atoms with Gasteiger partial charge in [-0.1, -0.05) is 0 Å². The average molecular weight is 323 g/mol. The first kappa shape index (κ1) is 13.6. The number of thiazole rings is 1.